The Balaban J connectivity index is 1.80. The number of fused-ring (bicyclic) bond motifs is 1. The van der Waals surface area contributed by atoms with Crippen LogP contribution in [0.25, 0.3) is 10.8 Å². The van der Waals surface area contributed by atoms with E-state index in [4.69, 9.17) is 16.3 Å². The van der Waals surface area contributed by atoms with Crippen LogP contribution in [-0.4, -0.2) is 30.6 Å². The van der Waals surface area contributed by atoms with Gasteiger partial charge in [-0.05, 0) is 60.7 Å². The first-order valence-corrected chi connectivity index (χ1v) is 13.4. The number of nitrogens with one attached hydrogen (secondary N) is 1. The van der Waals surface area contributed by atoms with E-state index in [9.17, 15) is 22.9 Å². The average molecular weight is 554 g/mol. The summed E-state index contributed by atoms with van der Waals surface area (Å²) < 4.78 is 39.0. The lowest BCUT2D eigenvalue weighted by Gasteiger charge is -2.12. The molecule has 0 radical (unpaired) electrons. The minimum atomic E-state index is -4.67. The van der Waals surface area contributed by atoms with E-state index >= 15 is 0 Å². The zero-order chi connectivity index (χ0) is 27.4. The van der Waals surface area contributed by atoms with Crippen molar-refractivity contribution in [2.24, 2.45) is 10.2 Å². The molecule has 4 rings (SSSR count). The third kappa shape index (κ3) is 5.62. The Bertz CT molecular complexity index is 1650. The number of halogens is 1. The van der Waals surface area contributed by atoms with Crippen LogP contribution in [0.2, 0.25) is 5.02 Å². The number of benzene rings is 4. The number of anilines is 1. The van der Waals surface area contributed by atoms with Crippen LogP contribution in [0, 0.1) is 0 Å². The fourth-order valence-electron chi connectivity index (χ4n) is 3.85. The molecule has 0 unspecified atom stereocenters. The Kier molecular flexibility index (Phi) is 7.96. The molecule has 9 nitrogen and oxygen atoms in total. The van der Waals surface area contributed by atoms with Gasteiger partial charge in [-0.25, -0.2) is 0 Å². The van der Waals surface area contributed by atoms with Crippen molar-refractivity contribution in [2.45, 2.75) is 25.2 Å². The minimum absolute atomic E-state index is 0.000400. The van der Waals surface area contributed by atoms with Crippen LogP contribution in [0.1, 0.15) is 29.8 Å². The molecule has 4 aromatic rings. The smallest absolute Gasteiger partial charge is 0.296 e. The van der Waals surface area contributed by atoms with Crippen molar-refractivity contribution >= 4 is 55.5 Å². The normalized spacial score (nSPS) is 11.7. The van der Waals surface area contributed by atoms with E-state index in [-0.39, 0.29) is 22.0 Å². The van der Waals surface area contributed by atoms with Crippen molar-refractivity contribution in [3.05, 3.63) is 82.9 Å². The molecule has 0 bridgehead atoms. The second-order valence-corrected chi connectivity index (χ2v) is 9.94. The van der Waals surface area contributed by atoms with E-state index in [1.54, 1.807) is 48.5 Å². The van der Waals surface area contributed by atoms with Crippen LogP contribution < -0.4 is 10.1 Å². The number of rotatable bonds is 8. The van der Waals surface area contributed by atoms with Crippen LogP contribution in [0.5, 0.6) is 11.5 Å². The summed E-state index contributed by atoms with van der Waals surface area (Å²) in [7, 11) is -4.67. The second-order valence-electron chi connectivity index (χ2n) is 8.17. The molecule has 0 aliphatic rings. The van der Waals surface area contributed by atoms with Crippen molar-refractivity contribution in [3.8, 4) is 11.5 Å². The molecule has 0 spiro atoms. The van der Waals surface area contributed by atoms with E-state index in [0.717, 1.165) is 0 Å². The largest absolute Gasteiger partial charge is 0.505 e. The fourth-order valence-corrected chi connectivity index (χ4v) is 4.87. The number of nitrogens with zero attached hydrogens (tertiary/aromatic N) is 2. The van der Waals surface area contributed by atoms with E-state index in [0.29, 0.717) is 40.8 Å². The molecule has 0 saturated heterocycles. The maximum absolute atomic E-state index is 13.1. The lowest BCUT2D eigenvalue weighted by atomic mass is 10.0. The number of carbonyl (C=O) groups is 1. The summed E-state index contributed by atoms with van der Waals surface area (Å²) in [5, 5.41) is 23.0. The highest BCUT2D eigenvalue weighted by atomic mass is 35.5. The van der Waals surface area contributed by atoms with Crippen LogP contribution in [-0.2, 0) is 16.5 Å². The van der Waals surface area contributed by atoms with E-state index < -0.39 is 26.7 Å². The van der Waals surface area contributed by atoms with Gasteiger partial charge >= 0.3 is 0 Å². The predicted molar refractivity (Wildman–Crippen MR) is 146 cm³/mol. The number of aromatic hydroxyl groups is 1. The molecular weight excluding hydrogens is 530 g/mol. The number of phenols is 1. The van der Waals surface area contributed by atoms with Crippen molar-refractivity contribution < 1.29 is 27.6 Å². The maximum atomic E-state index is 13.1. The Morgan fingerprint density at radius 3 is 2.34 bits per heavy atom. The Morgan fingerprint density at radius 2 is 1.68 bits per heavy atom. The van der Waals surface area contributed by atoms with Gasteiger partial charge in [0.2, 0.25) is 0 Å². The van der Waals surface area contributed by atoms with Gasteiger partial charge in [-0.15, -0.1) is 10.2 Å². The number of carbonyl (C=O) groups excluding carboxylic acids is 1. The van der Waals surface area contributed by atoms with Gasteiger partial charge in [-0.3, -0.25) is 9.35 Å². The first-order chi connectivity index (χ1) is 18.1. The Hall–Kier alpha value is -3.99. The van der Waals surface area contributed by atoms with Gasteiger partial charge in [-0.1, -0.05) is 48.9 Å². The monoisotopic (exact) mass is 553 g/mol. The molecular formula is C27H24ClN3O6S. The summed E-state index contributed by atoms with van der Waals surface area (Å²) in [6, 6.07) is 17.8. The van der Waals surface area contributed by atoms with Crippen LogP contribution >= 0.6 is 11.6 Å². The number of amides is 1. The van der Waals surface area contributed by atoms with Gasteiger partial charge < -0.3 is 15.2 Å². The number of aryl methyl sites for hydroxylation is 1. The molecule has 1 amide bonds. The first-order valence-electron chi connectivity index (χ1n) is 11.6. The Morgan fingerprint density at radius 1 is 1.00 bits per heavy atom. The van der Waals surface area contributed by atoms with Crippen molar-refractivity contribution in [1.82, 2.24) is 0 Å². The highest BCUT2D eigenvalue weighted by Crippen LogP contribution is 2.42. The number of phenolic OH excluding ortho intramolecular Hbond substituents is 1. The standard InChI is InChI=1S/C27H24ClN3O6S/c1-3-16-9-14-22(38(34,35)36)25(23(16)28)31-30-24-20-8-6-5-7-17(20)15-21(26(24)32)27(33)29-18-10-12-19(13-11-18)37-4-2/h5-15,32H,3-4H2,1-2H3,(H,29,33)(H,34,35,36). The van der Waals surface area contributed by atoms with Crippen molar-refractivity contribution in [3.63, 3.8) is 0 Å². The van der Waals surface area contributed by atoms with Gasteiger partial charge in [0, 0.05) is 11.1 Å². The molecule has 196 valence electrons. The maximum Gasteiger partial charge on any atom is 0.296 e. The SMILES string of the molecule is CCOc1ccc(NC(=O)c2cc3ccccc3c(N=Nc3c(S(=O)(=O)O)ccc(CC)c3Cl)c2O)cc1. The zero-order valence-corrected chi connectivity index (χ0v) is 22.0. The first kappa shape index (κ1) is 27.1. The van der Waals surface area contributed by atoms with Gasteiger partial charge in [0.15, 0.2) is 5.75 Å². The molecule has 0 heterocycles. The van der Waals surface area contributed by atoms with E-state index in [1.807, 2.05) is 13.8 Å². The van der Waals surface area contributed by atoms with E-state index in [2.05, 4.69) is 15.5 Å². The molecule has 0 fully saturated rings. The fraction of sp³-hybridized carbons (Fsp3) is 0.148. The molecule has 0 saturated carbocycles. The lowest BCUT2D eigenvalue weighted by molar-refractivity contribution is 0.102. The minimum Gasteiger partial charge on any atom is -0.505 e. The lowest BCUT2D eigenvalue weighted by Crippen LogP contribution is -2.12. The quantitative estimate of drug-likeness (QED) is 0.157. The van der Waals surface area contributed by atoms with Gasteiger partial charge in [0.1, 0.15) is 22.0 Å². The number of hydrogen-bond donors (Lipinski definition) is 3. The molecule has 11 heteroatoms. The number of hydrogen-bond acceptors (Lipinski definition) is 7. The summed E-state index contributed by atoms with van der Waals surface area (Å²) in [6.07, 6.45) is 0.475. The van der Waals surface area contributed by atoms with Crippen molar-refractivity contribution in [2.75, 3.05) is 11.9 Å². The molecule has 0 atom stereocenters. The highest BCUT2D eigenvalue weighted by Gasteiger charge is 2.22. The zero-order valence-electron chi connectivity index (χ0n) is 20.5. The molecule has 38 heavy (non-hydrogen) atoms. The number of azo groups is 1. The predicted octanol–water partition coefficient (Wildman–Crippen LogP) is 7.07. The summed E-state index contributed by atoms with van der Waals surface area (Å²) in [5.74, 6) is -0.414. The summed E-state index contributed by atoms with van der Waals surface area (Å²) in [4.78, 5) is 12.6. The summed E-state index contributed by atoms with van der Waals surface area (Å²) >= 11 is 6.38. The van der Waals surface area contributed by atoms with Gasteiger partial charge in [0.05, 0.1) is 17.2 Å². The van der Waals surface area contributed by atoms with E-state index in [1.165, 1.54) is 18.2 Å². The van der Waals surface area contributed by atoms with Gasteiger partial charge in [0.25, 0.3) is 16.0 Å². The molecule has 0 aliphatic heterocycles. The van der Waals surface area contributed by atoms with Crippen LogP contribution in [0.3, 0.4) is 0 Å². The highest BCUT2D eigenvalue weighted by molar-refractivity contribution is 7.86. The van der Waals surface area contributed by atoms with Gasteiger partial charge in [-0.2, -0.15) is 8.42 Å². The molecule has 4 aromatic carbocycles. The van der Waals surface area contributed by atoms with Crippen LogP contribution in [0.4, 0.5) is 17.1 Å². The number of ether oxygens (including phenoxy) is 1. The summed E-state index contributed by atoms with van der Waals surface area (Å²) in [5.41, 5.74) is 0.649. The topological polar surface area (TPSA) is 138 Å². The summed E-state index contributed by atoms with van der Waals surface area (Å²) in [6.45, 7) is 4.19. The molecule has 0 aliphatic carbocycles. The van der Waals surface area contributed by atoms with Crippen LogP contribution in [0.15, 0.2) is 81.9 Å². The third-order valence-corrected chi connectivity index (χ3v) is 7.04. The van der Waals surface area contributed by atoms with Crippen molar-refractivity contribution in [1.29, 1.82) is 0 Å². The molecule has 3 N–H and O–H groups in total. The third-order valence-electron chi connectivity index (χ3n) is 5.73. The molecule has 0 aromatic heterocycles. The second kappa shape index (κ2) is 11.2. The Labute approximate surface area is 224 Å². The average Bonchev–Trinajstić information content (AvgIpc) is 2.89.